The van der Waals surface area contributed by atoms with Crippen LogP contribution in [-0.4, -0.2) is 9.78 Å². The molecule has 4 heteroatoms. The first kappa shape index (κ1) is 14.0. The molecule has 1 unspecified atom stereocenters. The van der Waals surface area contributed by atoms with Crippen LogP contribution in [0.15, 0.2) is 42.5 Å². The van der Waals surface area contributed by atoms with Crippen LogP contribution in [0.1, 0.15) is 28.6 Å². The monoisotopic (exact) mass is 307 g/mol. The zero-order valence-corrected chi connectivity index (χ0v) is 13.4. The molecule has 116 valence electrons. The van der Waals surface area contributed by atoms with Crippen molar-refractivity contribution in [1.82, 2.24) is 9.78 Å². The van der Waals surface area contributed by atoms with Gasteiger partial charge in [0.25, 0.3) is 0 Å². The molecule has 0 aliphatic carbocycles. The zero-order valence-electron chi connectivity index (χ0n) is 13.4. The Labute approximate surface area is 134 Å². The highest BCUT2D eigenvalue weighted by atomic mass is 19.1. The van der Waals surface area contributed by atoms with E-state index in [4.69, 9.17) is 0 Å². The van der Waals surface area contributed by atoms with Crippen LogP contribution in [0.2, 0.25) is 0 Å². The van der Waals surface area contributed by atoms with Gasteiger partial charge in [0.2, 0.25) is 0 Å². The fraction of sp³-hybridized carbons (Fsp3) is 0.211. The fourth-order valence-corrected chi connectivity index (χ4v) is 3.38. The number of aryl methyl sites for hydroxylation is 3. The summed E-state index contributed by atoms with van der Waals surface area (Å²) < 4.78 is 16.2. The van der Waals surface area contributed by atoms with E-state index in [1.807, 2.05) is 23.7 Å². The fourth-order valence-electron chi connectivity index (χ4n) is 3.38. The largest absolute Gasteiger partial charge is 0.359 e. The summed E-state index contributed by atoms with van der Waals surface area (Å²) in [5.41, 5.74) is 7.09. The Kier molecular flexibility index (Phi) is 3.01. The molecule has 3 nitrogen and oxygen atoms in total. The highest BCUT2D eigenvalue weighted by Crippen LogP contribution is 2.41. The minimum atomic E-state index is -0.339. The van der Waals surface area contributed by atoms with Gasteiger partial charge in [-0.05, 0) is 44.5 Å². The maximum atomic E-state index is 14.3. The number of halogens is 1. The second kappa shape index (κ2) is 4.95. The van der Waals surface area contributed by atoms with Crippen molar-refractivity contribution >= 4 is 5.69 Å². The van der Waals surface area contributed by atoms with Crippen LogP contribution >= 0.6 is 0 Å². The second-order valence-electron chi connectivity index (χ2n) is 6.19. The molecule has 0 saturated heterocycles. The Balaban J connectivity index is 1.97. The molecule has 4 rings (SSSR count). The lowest BCUT2D eigenvalue weighted by molar-refractivity contribution is 0.526. The van der Waals surface area contributed by atoms with Crippen LogP contribution < -0.4 is 5.32 Å². The number of hydrogen-bond acceptors (Lipinski definition) is 2. The molecule has 0 spiro atoms. The molecule has 0 saturated carbocycles. The summed E-state index contributed by atoms with van der Waals surface area (Å²) in [5.74, 6) is -0.225. The maximum absolute atomic E-state index is 14.3. The third kappa shape index (κ3) is 2.13. The molecule has 0 bridgehead atoms. The van der Waals surface area contributed by atoms with Gasteiger partial charge in [0.05, 0.1) is 11.4 Å². The minimum Gasteiger partial charge on any atom is -0.359 e. The lowest BCUT2D eigenvalue weighted by Gasteiger charge is -2.31. The van der Waals surface area contributed by atoms with Crippen molar-refractivity contribution in [2.45, 2.75) is 26.9 Å². The van der Waals surface area contributed by atoms with Gasteiger partial charge in [-0.15, -0.1) is 0 Å². The molecular weight excluding hydrogens is 289 g/mol. The van der Waals surface area contributed by atoms with Gasteiger partial charge in [0.1, 0.15) is 12.0 Å². The first-order valence-corrected chi connectivity index (χ1v) is 7.73. The molecule has 0 fully saturated rings. The first-order valence-electron chi connectivity index (χ1n) is 7.73. The average Bonchev–Trinajstić information content (AvgIpc) is 2.89. The minimum absolute atomic E-state index is 0.225. The summed E-state index contributed by atoms with van der Waals surface area (Å²) in [4.78, 5) is 0. The Morgan fingerprint density at radius 3 is 2.65 bits per heavy atom. The second-order valence-corrected chi connectivity index (χ2v) is 6.19. The average molecular weight is 307 g/mol. The lowest BCUT2D eigenvalue weighted by Crippen LogP contribution is -2.27. The highest BCUT2D eigenvalue weighted by molar-refractivity contribution is 5.81. The van der Waals surface area contributed by atoms with Crippen molar-refractivity contribution in [2.75, 3.05) is 5.32 Å². The van der Waals surface area contributed by atoms with Crippen molar-refractivity contribution in [3.05, 3.63) is 70.7 Å². The van der Waals surface area contributed by atoms with Crippen LogP contribution in [0.4, 0.5) is 10.1 Å². The number of rotatable bonds is 1. The van der Waals surface area contributed by atoms with E-state index in [2.05, 4.69) is 42.5 Å². The number of nitrogens with one attached hydrogen (secondary N) is 1. The summed E-state index contributed by atoms with van der Waals surface area (Å²) >= 11 is 0. The van der Waals surface area contributed by atoms with E-state index in [0.29, 0.717) is 5.56 Å². The molecular formula is C19H18FN3. The first-order chi connectivity index (χ1) is 11.0. The molecule has 2 aromatic carbocycles. The van der Waals surface area contributed by atoms with Gasteiger partial charge in [-0.1, -0.05) is 29.8 Å². The predicted molar refractivity (Wildman–Crippen MR) is 90.0 cm³/mol. The molecule has 1 atom stereocenters. The van der Waals surface area contributed by atoms with Crippen molar-refractivity contribution in [2.24, 2.45) is 0 Å². The molecule has 2 heterocycles. The molecule has 1 aliphatic rings. The third-order valence-electron chi connectivity index (χ3n) is 4.34. The number of hydrogen-bond donors (Lipinski definition) is 1. The molecule has 3 aromatic rings. The number of fused-ring (bicyclic) bond motifs is 3. The molecule has 1 aromatic heterocycles. The molecule has 1 aliphatic heterocycles. The predicted octanol–water partition coefficient (Wildman–Crippen LogP) is 4.59. The van der Waals surface area contributed by atoms with E-state index in [-0.39, 0.29) is 12.0 Å². The zero-order chi connectivity index (χ0) is 16.1. The van der Waals surface area contributed by atoms with Crippen LogP contribution in [-0.2, 0) is 0 Å². The van der Waals surface area contributed by atoms with Gasteiger partial charge in [0, 0.05) is 16.8 Å². The van der Waals surface area contributed by atoms with Gasteiger partial charge in [0.15, 0.2) is 0 Å². The van der Waals surface area contributed by atoms with E-state index in [1.54, 1.807) is 6.07 Å². The third-order valence-corrected chi connectivity index (χ3v) is 4.34. The molecule has 0 radical (unpaired) electrons. The van der Waals surface area contributed by atoms with Crippen LogP contribution in [0.3, 0.4) is 0 Å². The van der Waals surface area contributed by atoms with E-state index in [1.165, 1.54) is 11.6 Å². The summed E-state index contributed by atoms with van der Waals surface area (Å²) in [6.45, 7) is 6.13. The quantitative estimate of drug-likeness (QED) is 0.713. The smallest absolute Gasteiger partial charge is 0.150 e. The number of anilines is 1. The Hall–Kier alpha value is -2.62. The van der Waals surface area contributed by atoms with Gasteiger partial charge in [-0.25, -0.2) is 9.07 Å². The van der Waals surface area contributed by atoms with E-state index >= 15 is 0 Å². The van der Waals surface area contributed by atoms with E-state index in [9.17, 15) is 4.39 Å². The Bertz CT molecular complexity index is 911. The van der Waals surface area contributed by atoms with Gasteiger partial charge < -0.3 is 5.32 Å². The van der Waals surface area contributed by atoms with E-state index < -0.39 is 0 Å². The highest BCUT2D eigenvalue weighted by Gasteiger charge is 2.29. The van der Waals surface area contributed by atoms with E-state index in [0.717, 1.165) is 28.2 Å². The van der Waals surface area contributed by atoms with Gasteiger partial charge >= 0.3 is 0 Å². The summed E-state index contributed by atoms with van der Waals surface area (Å²) in [6.07, 6.45) is -0.339. The Morgan fingerprint density at radius 1 is 1.09 bits per heavy atom. The van der Waals surface area contributed by atoms with Crippen molar-refractivity contribution in [3.8, 4) is 11.3 Å². The lowest BCUT2D eigenvalue weighted by atomic mass is 9.98. The summed E-state index contributed by atoms with van der Waals surface area (Å²) in [5, 5.41) is 8.08. The van der Waals surface area contributed by atoms with Crippen molar-refractivity contribution < 1.29 is 4.39 Å². The van der Waals surface area contributed by atoms with Gasteiger partial charge in [-0.2, -0.15) is 5.10 Å². The maximum Gasteiger partial charge on any atom is 0.150 e. The van der Waals surface area contributed by atoms with Crippen LogP contribution in [0.5, 0.6) is 0 Å². The number of aromatic nitrogens is 2. The Morgan fingerprint density at radius 2 is 1.87 bits per heavy atom. The van der Waals surface area contributed by atoms with Crippen molar-refractivity contribution in [1.29, 1.82) is 0 Å². The van der Waals surface area contributed by atoms with Crippen LogP contribution in [0.25, 0.3) is 11.3 Å². The van der Waals surface area contributed by atoms with Gasteiger partial charge in [-0.3, -0.25) is 0 Å². The standard InChI is InChI=1S/C19H18FN3/c1-11-8-12(2)18-15(9-11)17-10-13(3)22-23(17)19(21-18)14-6-4-5-7-16(14)20/h4-10,19,21H,1-3H3. The van der Waals surface area contributed by atoms with Crippen molar-refractivity contribution in [3.63, 3.8) is 0 Å². The summed E-state index contributed by atoms with van der Waals surface area (Å²) in [7, 11) is 0. The topological polar surface area (TPSA) is 29.9 Å². The molecule has 1 N–H and O–H groups in total. The molecule has 23 heavy (non-hydrogen) atoms. The van der Waals surface area contributed by atoms with Crippen LogP contribution in [0, 0.1) is 26.6 Å². The summed E-state index contributed by atoms with van der Waals surface area (Å²) in [6, 6.07) is 13.2. The number of benzene rings is 2. The molecule has 0 amide bonds. The SMILES string of the molecule is Cc1cc(C)c2c(c1)-c1cc(C)nn1C(c1ccccc1F)N2. The normalized spacial score (nSPS) is 15.7. The number of nitrogens with zero attached hydrogens (tertiary/aromatic N) is 2.